The van der Waals surface area contributed by atoms with Crippen LogP contribution in [0, 0.1) is 0 Å². The monoisotopic (exact) mass is 417 g/mol. The molecule has 1 amide bonds. The molecule has 2 aliphatic heterocycles. The molecule has 154 valence electrons. The van der Waals surface area contributed by atoms with Crippen LogP contribution in [0.2, 0.25) is 0 Å². The topological polar surface area (TPSA) is 97.0 Å². The third-order valence-corrected chi connectivity index (χ3v) is 6.89. The van der Waals surface area contributed by atoms with E-state index in [-0.39, 0.29) is 17.6 Å². The van der Waals surface area contributed by atoms with Crippen molar-refractivity contribution in [3.05, 3.63) is 42.5 Å². The summed E-state index contributed by atoms with van der Waals surface area (Å²) < 4.78 is 37.2. The predicted octanol–water partition coefficient (Wildman–Crippen LogP) is 2.64. The first-order valence-corrected chi connectivity index (χ1v) is 10.9. The van der Waals surface area contributed by atoms with Gasteiger partial charge in [-0.1, -0.05) is 0 Å². The number of hydrogen-bond donors (Lipinski definition) is 2. The fourth-order valence-electron chi connectivity index (χ4n) is 3.34. The van der Waals surface area contributed by atoms with Gasteiger partial charge in [-0.25, -0.2) is 8.42 Å². The van der Waals surface area contributed by atoms with E-state index in [1.165, 1.54) is 16.4 Å². The van der Waals surface area contributed by atoms with Gasteiger partial charge in [0, 0.05) is 30.5 Å². The molecule has 2 N–H and O–H groups in total. The average molecular weight is 417 g/mol. The summed E-state index contributed by atoms with van der Waals surface area (Å²) in [5.74, 6) is 1.08. The fraction of sp³-hybridized carbons (Fsp3) is 0.350. The second-order valence-electron chi connectivity index (χ2n) is 7.06. The van der Waals surface area contributed by atoms with Crippen molar-refractivity contribution >= 4 is 27.3 Å². The lowest BCUT2D eigenvalue weighted by Crippen LogP contribution is -2.32. The van der Waals surface area contributed by atoms with E-state index >= 15 is 0 Å². The van der Waals surface area contributed by atoms with Gasteiger partial charge in [0.15, 0.2) is 11.5 Å². The van der Waals surface area contributed by atoms with Gasteiger partial charge in [0.1, 0.15) is 6.04 Å². The third kappa shape index (κ3) is 4.15. The molecule has 2 aromatic rings. The van der Waals surface area contributed by atoms with E-state index in [2.05, 4.69) is 10.6 Å². The van der Waals surface area contributed by atoms with Crippen molar-refractivity contribution in [2.24, 2.45) is 0 Å². The highest BCUT2D eigenvalue weighted by Crippen LogP contribution is 2.34. The van der Waals surface area contributed by atoms with Crippen LogP contribution in [-0.2, 0) is 14.8 Å². The van der Waals surface area contributed by atoms with Crippen LogP contribution in [0.4, 0.5) is 11.4 Å². The van der Waals surface area contributed by atoms with Gasteiger partial charge in [-0.3, -0.25) is 4.79 Å². The summed E-state index contributed by atoms with van der Waals surface area (Å²) in [6.45, 7) is 3.05. The van der Waals surface area contributed by atoms with E-state index in [0.29, 0.717) is 30.3 Å². The van der Waals surface area contributed by atoms with Gasteiger partial charge in [0.05, 0.1) is 4.90 Å². The van der Waals surface area contributed by atoms with Crippen molar-refractivity contribution in [3.8, 4) is 11.5 Å². The van der Waals surface area contributed by atoms with Crippen molar-refractivity contribution in [2.45, 2.75) is 30.7 Å². The Balaban J connectivity index is 1.37. The highest BCUT2D eigenvalue weighted by atomic mass is 32.2. The molecule has 0 radical (unpaired) electrons. The molecule has 2 aliphatic rings. The number of benzene rings is 2. The highest BCUT2D eigenvalue weighted by molar-refractivity contribution is 7.89. The van der Waals surface area contributed by atoms with Crippen LogP contribution in [0.25, 0.3) is 0 Å². The number of ether oxygens (including phenoxy) is 2. The molecule has 0 aromatic heterocycles. The maximum Gasteiger partial charge on any atom is 0.246 e. The largest absolute Gasteiger partial charge is 0.454 e. The molecule has 0 unspecified atom stereocenters. The van der Waals surface area contributed by atoms with Gasteiger partial charge in [0.25, 0.3) is 0 Å². The molecule has 9 heteroatoms. The Morgan fingerprint density at radius 3 is 2.38 bits per heavy atom. The van der Waals surface area contributed by atoms with Crippen molar-refractivity contribution in [1.29, 1.82) is 0 Å². The average Bonchev–Trinajstić information content (AvgIpc) is 3.40. The summed E-state index contributed by atoms with van der Waals surface area (Å²) in [5, 5.41) is 5.91. The Kier molecular flexibility index (Phi) is 5.33. The van der Waals surface area contributed by atoms with Crippen LogP contribution in [0.1, 0.15) is 19.8 Å². The number of sulfonamides is 1. The summed E-state index contributed by atoms with van der Waals surface area (Å²) in [5.41, 5.74) is 1.28. The minimum absolute atomic E-state index is 0.193. The van der Waals surface area contributed by atoms with Crippen LogP contribution in [0.15, 0.2) is 47.4 Å². The van der Waals surface area contributed by atoms with E-state index in [1.54, 1.807) is 31.2 Å². The van der Waals surface area contributed by atoms with Crippen LogP contribution in [0.3, 0.4) is 0 Å². The number of anilines is 2. The van der Waals surface area contributed by atoms with Crippen molar-refractivity contribution in [1.82, 2.24) is 4.31 Å². The normalized spacial score (nSPS) is 17.1. The second-order valence-corrected chi connectivity index (χ2v) is 9.00. The third-order valence-electron chi connectivity index (χ3n) is 4.97. The molecular formula is C20H23N3O5S. The van der Waals surface area contributed by atoms with Crippen LogP contribution < -0.4 is 20.1 Å². The zero-order valence-corrected chi connectivity index (χ0v) is 16.9. The van der Waals surface area contributed by atoms with Crippen LogP contribution >= 0.6 is 0 Å². The molecule has 29 heavy (non-hydrogen) atoms. The molecule has 1 atom stereocenters. The summed E-state index contributed by atoms with van der Waals surface area (Å²) >= 11 is 0. The molecule has 1 saturated heterocycles. The van der Waals surface area contributed by atoms with Gasteiger partial charge in [0.2, 0.25) is 22.7 Å². The Morgan fingerprint density at radius 2 is 1.66 bits per heavy atom. The zero-order chi connectivity index (χ0) is 20.4. The number of rotatable bonds is 6. The van der Waals surface area contributed by atoms with Gasteiger partial charge in [-0.15, -0.1) is 0 Å². The lowest BCUT2D eigenvalue weighted by molar-refractivity contribution is -0.116. The molecule has 0 aliphatic carbocycles. The first kappa shape index (κ1) is 19.5. The minimum atomic E-state index is -3.46. The number of carbonyl (C=O) groups is 1. The van der Waals surface area contributed by atoms with E-state index < -0.39 is 16.1 Å². The predicted molar refractivity (Wildman–Crippen MR) is 109 cm³/mol. The van der Waals surface area contributed by atoms with Gasteiger partial charge in [-0.05, 0) is 56.2 Å². The summed E-state index contributed by atoms with van der Waals surface area (Å²) in [6.07, 6.45) is 1.78. The van der Waals surface area contributed by atoms with Crippen molar-refractivity contribution in [3.63, 3.8) is 0 Å². The maximum absolute atomic E-state index is 12.6. The zero-order valence-electron chi connectivity index (χ0n) is 16.1. The molecule has 8 nitrogen and oxygen atoms in total. The molecule has 0 spiro atoms. The van der Waals surface area contributed by atoms with Gasteiger partial charge >= 0.3 is 0 Å². The molecule has 2 aromatic carbocycles. The number of amides is 1. The van der Waals surface area contributed by atoms with E-state index in [4.69, 9.17) is 9.47 Å². The summed E-state index contributed by atoms with van der Waals surface area (Å²) in [4.78, 5) is 12.7. The molecule has 0 bridgehead atoms. The highest BCUT2D eigenvalue weighted by Gasteiger charge is 2.27. The number of nitrogens with zero attached hydrogens (tertiary/aromatic N) is 1. The van der Waals surface area contributed by atoms with Crippen molar-refractivity contribution in [2.75, 3.05) is 30.5 Å². The molecule has 2 heterocycles. The lowest BCUT2D eigenvalue weighted by atomic mass is 10.2. The SMILES string of the molecule is C[C@@H](Nc1ccc2c(c1)OCO2)C(=O)Nc1ccc(S(=O)(=O)N2CCCC2)cc1. The van der Waals surface area contributed by atoms with Crippen LogP contribution in [-0.4, -0.2) is 44.6 Å². The molecule has 1 fully saturated rings. The van der Waals surface area contributed by atoms with Gasteiger partial charge in [-0.2, -0.15) is 4.31 Å². The van der Waals surface area contributed by atoms with Crippen LogP contribution in [0.5, 0.6) is 11.5 Å². The first-order chi connectivity index (χ1) is 13.9. The van der Waals surface area contributed by atoms with E-state index in [1.807, 2.05) is 6.07 Å². The Morgan fingerprint density at radius 1 is 1.00 bits per heavy atom. The summed E-state index contributed by atoms with van der Waals surface area (Å²) in [6, 6.07) is 11.1. The lowest BCUT2D eigenvalue weighted by Gasteiger charge is -2.17. The van der Waals surface area contributed by atoms with E-state index in [9.17, 15) is 13.2 Å². The van der Waals surface area contributed by atoms with Gasteiger partial charge < -0.3 is 20.1 Å². The molecule has 0 saturated carbocycles. The number of nitrogens with one attached hydrogen (secondary N) is 2. The second kappa shape index (κ2) is 7.92. The fourth-order valence-corrected chi connectivity index (χ4v) is 4.86. The quantitative estimate of drug-likeness (QED) is 0.750. The summed E-state index contributed by atoms with van der Waals surface area (Å²) in [7, 11) is -3.46. The van der Waals surface area contributed by atoms with Crippen molar-refractivity contribution < 1.29 is 22.7 Å². The number of hydrogen-bond acceptors (Lipinski definition) is 6. The Bertz CT molecular complexity index is 1000. The minimum Gasteiger partial charge on any atom is -0.454 e. The molecular weight excluding hydrogens is 394 g/mol. The maximum atomic E-state index is 12.6. The smallest absolute Gasteiger partial charge is 0.246 e. The molecule has 4 rings (SSSR count). The Labute approximate surface area is 169 Å². The standard InChI is InChI=1S/C20H23N3O5S/c1-14(21-16-6-9-18-19(12-16)28-13-27-18)20(24)22-15-4-7-17(8-5-15)29(25,26)23-10-2-3-11-23/h4-9,12,14,21H,2-3,10-11,13H2,1H3,(H,22,24)/t14-/m1/s1. The van der Waals surface area contributed by atoms with E-state index in [0.717, 1.165) is 18.5 Å². The number of fused-ring (bicyclic) bond motifs is 1. The first-order valence-electron chi connectivity index (χ1n) is 9.51. The Hall–Kier alpha value is -2.78. The number of carbonyl (C=O) groups excluding carboxylic acids is 1.